The number of nitrogens with zero attached hydrogens (tertiary/aromatic N) is 2. The number of amides is 1. The third-order valence-electron chi connectivity index (χ3n) is 5.77. The fourth-order valence-electron chi connectivity index (χ4n) is 4.37. The zero-order valence-corrected chi connectivity index (χ0v) is 18.4. The van der Waals surface area contributed by atoms with Crippen LogP contribution in [0.5, 0.6) is 0 Å². The van der Waals surface area contributed by atoms with E-state index in [9.17, 15) is 14.7 Å². The molecule has 0 atom stereocenters. The largest absolute Gasteiger partial charge is 0.395 e. The molecule has 1 heterocycles. The number of benzene rings is 2. The molecule has 32 heavy (non-hydrogen) atoms. The summed E-state index contributed by atoms with van der Waals surface area (Å²) in [6.45, 7) is 4.38. The Hall–Kier alpha value is -3.45. The van der Waals surface area contributed by atoms with Crippen molar-refractivity contribution >= 4 is 17.4 Å². The number of aliphatic hydroxyl groups is 1. The molecule has 0 radical (unpaired) electrons. The summed E-state index contributed by atoms with van der Waals surface area (Å²) in [4.78, 5) is 25.0. The van der Waals surface area contributed by atoms with E-state index in [-0.39, 0.29) is 24.3 Å². The topological polar surface area (TPSA) is 110 Å². The molecule has 1 aliphatic rings. The number of ketones is 1. The van der Waals surface area contributed by atoms with Crippen LogP contribution in [-0.2, 0) is 12.8 Å². The summed E-state index contributed by atoms with van der Waals surface area (Å²) in [5.74, 6) is -0.443. The zero-order chi connectivity index (χ0) is 22.9. The quantitative estimate of drug-likeness (QED) is 0.531. The molecule has 166 valence electrons. The highest BCUT2D eigenvalue weighted by Crippen LogP contribution is 2.38. The summed E-state index contributed by atoms with van der Waals surface area (Å²) < 4.78 is 1.82. The van der Waals surface area contributed by atoms with Crippen LogP contribution in [0, 0.1) is 5.41 Å². The first-order valence-electron chi connectivity index (χ1n) is 10.8. The molecule has 1 aliphatic carbocycles. The number of nitrogens with two attached hydrogens (primary N) is 1. The third-order valence-corrected chi connectivity index (χ3v) is 5.77. The second kappa shape index (κ2) is 8.59. The number of fused-ring (bicyclic) bond motifs is 1. The molecular weight excluding hydrogens is 404 g/mol. The van der Waals surface area contributed by atoms with Crippen molar-refractivity contribution in [1.29, 1.82) is 0 Å². The minimum atomic E-state index is -0.555. The third kappa shape index (κ3) is 4.29. The molecule has 7 heteroatoms. The van der Waals surface area contributed by atoms with Crippen LogP contribution in [0.3, 0.4) is 0 Å². The van der Waals surface area contributed by atoms with E-state index >= 15 is 0 Å². The Morgan fingerprint density at radius 1 is 1.19 bits per heavy atom. The van der Waals surface area contributed by atoms with Gasteiger partial charge in [0.15, 0.2) is 5.78 Å². The summed E-state index contributed by atoms with van der Waals surface area (Å²) in [6, 6.07) is 15.2. The Labute approximate surface area is 187 Å². The maximum Gasteiger partial charge on any atom is 0.250 e. The number of hydrogen-bond acceptors (Lipinski definition) is 5. The fourth-order valence-corrected chi connectivity index (χ4v) is 4.37. The lowest BCUT2D eigenvalue weighted by molar-refractivity contribution is 0.0909. The molecular formula is C25H28N4O3. The predicted molar refractivity (Wildman–Crippen MR) is 123 cm³/mol. The van der Waals surface area contributed by atoms with Crippen molar-refractivity contribution in [2.75, 3.05) is 18.5 Å². The van der Waals surface area contributed by atoms with Crippen LogP contribution in [0.15, 0.2) is 48.5 Å². The molecule has 0 fully saturated rings. The van der Waals surface area contributed by atoms with Crippen LogP contribution in [0.1, 0.15) is 57.9 Å². The highest BCUT2D eigenvalue weighted by Gasteiger charge is 2.36. The number of hydrogen-bond donors (Lipinski definition) is 3. The van der Waals surface area contributed by atoms with Gasteiger partial charge in [-0.1, -0.05) is 44.2 Å². The van der Waals surface area contributed by atoms with Gasteiger partial charge in [-0.3, -0.25) is 9.59 Å². The SMILES string of the molecule is CC1(C)CC(=O)c2c(Cc3ccccc3)nn(-c3ccc(C(N)=O)c(NCCO)c3)c2C1. The van der Waals surface area contributed by atoms with Gasteiger partial charge in [0.05, 0.1) is 34.8 Å². The maximum atomic E-state index is 13.2. The van der Waals surface area contributed by atoms with Gasteiger partial charge in [0, 0.05) is 25.1 Å². The van der Waals surface area contributed by atoms with E-state index in [4.69, 9.17) is 10.8 Å². The van der Waals surface area contributed by atoms with Gasteiger partial charge < -0.3 is 16.2 Å². The Balaban J connectivity index is 1.85. The summed E-state index contributed by atoms with van der Waals surface area (Å²) in [5.41, 5.74) is 10.4. The van der Waals surface area contributed by atoms with Gasteiger partial charge in [0.25, 0.3) is 5.91 Å². The van der Waals surface area contributed by atoms with Gasteiger partial charge >= 0.3 is 0 Å². The van der Waals surface area contributed by atoms with Gasteiger partial charge in [-0.05, 0) is 35.6 Å². The second-order valence-corrected chi connectivity index (χ2v) is 9.03. The number of Topliss-reactive ketones (excluding diaryl/α,β-unsaturated/α-hetero) is 1. The molecule has 2 aromatic carbocycles. The number of carbonyl (C=O) groups is 2. The van der Waals surface area contributed by atoms with Crippen LogP contribution in [-0.4, -0.2) is 39.7 Å². The van der Waals surface area contributed by atoms with Crippen molar-refractivity contribution in [3.63, 3.8) is 0 Å². The van der Waals surface area contributed by atoms with Crippen molar-refractivity contribution in [3.05, 3.63) is 76.6 Å². The zero-order valence-electron chi connectivity index (χ0n) is 18.4. The number of anilines is 1. The Bertz CT molecular complexity index is 1170. The monoisotopic (exact) mass is 432 g/mol. The molecule has 0 bridgehead atoms. The molecule has 7 nitrogen and oxygen atoms in total. The number of aliphatic hydroxyl groups excluding tert-OH is 1. The van der Waals surface area contributed by atoms with E-state index < -0.39 is 5.91 Å². The molecule has 0 spiro atoms. The fraction of sp³-hybridized carbons (Fsp3) is 0.320. The average Bonchev–Trinajstić information content (AvgIpc) is 3.09. The van der Waals surface area contributed by atoms with Gasteiger partial charge in [0.2, 0.25) is 0 Å². The normalized spacial score (nSPS) is 14.8. The lowest BCUT2D eigenvalue weighted by atomic mass is 9.75. The molecule has 1 amide bonds. The van der Waals surface area contributed by atoms with Crippen LogP contribution < -0.4 is 11.1 Å². The standard InChI is InChI=1S/C25H28N4O3/c1-25(2)14-21-23(22(31)15-25)20(12-16-6-4-3-5-7-16)28-29(21)17-8-9-18(24(26)32)19(13-17)27-10-11-30/h3-9,13,27,30H,10-12,14-15H2,1-2H3,(H2,26,32). The van der Waals surface area contributed by atoms with Crippen molar-refractivity contribution in [2.24, 2.45) is 11.1 Å². The number of nitrogens with one attached hydrogen (secondary N) is 1. The molecule has 3 aromatic rings. The summed E-state index contributed by atoms with van der Waals surface area (Å²) in [5, 5.41) is 17.1. The van der Waals surface area contributed by atoms with Crippen molar-refractivity contribution in [1.82, 2.24) is 9.78 Å². The first-order valence-corrected chi connectivity index (χ1v) is 10.8. The van der Waals surface area contributed by atoms with Crippen LogP contribution in [0.2, 0.25) is 0 Å². The number of carbonyl (C=O) groups excluding carboxylic acids is 2. The van der Waals surface area contributed by atoms with Crippen LogP contribution >= 0.6 is 0 Å². The minimum absolute atomic E-state index is 0.0798. The van der Waals surface area contributed by atoms with Crippen LogP contribution in [0.25, 0.3) is 5.69 Å². The summed E-state index contributed by atoms with van der Waals surface area (Å²) in [7, 11) is 0. The van der Waals surface area contributed by atoms with Gasteiger partial charge in [0.1, 0.15) is 0 Å². The number of primary amides is 1. The summed E-state index contributed by atoms with van der Waals surface area (Å²) >= 11 is 0. The van der Waals surface area contributed by atoms with Gasteiger partial charge in [-0.2, -0.15) is 5.10 Å². The highest BCUT2D eigenvalue weighted by molar-refractivity contribution is 6.00. The first kappa shape index (κ1) is 21.8. The average molecular weight is 433 g/mol. The molecule has 0 unspecified atom stereocenters. The molecule has 0 saturated carbocycles. The van der Waals surface area contributed by atoms with E-state index in [0.717, 1.165) is 22.6 Å². The van der Waals surface area contributed by atoms with E-state index in [1.54, 1.807) is 18.2 Å². The highest BCUT2D eigenvalue weighted by atomic mass is 16.3. The molecule has 4 rings (SSSR count). The number of aromatic nitrogens is 2. The van der Waals surface area contributed by atoms with E-state index in [1.807, 2.05) is 35.0 Å². The molecule has 0 saturated heterocycles. The van der Waals surface area contributed by atoms with Crippen molar-refractivity contribution in [3.8, 4) is 5.69 Å². The molecule has 1 aromatic heterocycles. The van der Waals surface area contributed by atoms with E-state index in [1.165, 1.54) is 0 Å². The van der Waals surface area contributed by atoms with E-state index in [0.29, 0.717) is 36.1 Å². The Morgan fingerprint density at radius 3 is 2.62 bits per heavy atom. The predicted octanol–water partition coefficient (Wildman–Crippen LogP) is 3.12. The first-order chi connectivity index (χ1) is 15.3. The van der Waals surface area contributed by atoms with Gasteiger partial charge in [-0.15, -0.1) is 0 Å². The molecule has 0 aliphatic heterocycles. The van der Waals surface area contributed by atoms with E-state index in [2.05, 4.69) is 19.2 Å². The summed E-state index contributed by atoms with van der Waals surface area (Å²) in [6.07, 6.45) is 1.77. The lowest BCUT2D eigenvalue weighted by Crippen LogP contribution is -2.28. The molecule has 4 N–H and O–H groups in total. The van der Waals surface area contributed by atoms with Crippen molar-refractivity contribution < 1.29 is 14.7 Å². The minimum Gasteiger partial charge on any atom is -0.395 e. The smallest absolute Gasteiger partial charge is 0.250 e. The Kier molecular flexibility index (Phi) is 5.84. The van der Waals surface area contributed by atoms with Crippen LogP contribution in [0.4, 0.5) is 5.69 Å². The van der Waals surface area contributed by atoms with Crippen molar-refractivity contribution in [2.45, 2.75) is 33.1 Å². The second-order valence-electron chi connectivity index (χ2n) is 9.03. The lowest BCUT2D eigenvalue weighted by Gasteiger charge is -2.29. The number of rotatable bonds is 7. The maximum absolute atomic E-state index is 13.2. The Morgan fingerprint density at radius 2 is 1.94 bits per heavy atom. The van der Waals surface area contributed by atoms with Gasteiger partial charge in [-0.25, -0.2) is 4.68 Å².